The molecule has 0 aliphatic carbocycles. The lowest BCUT2D eigenvalue weighted by atomic mass is 10.1. The summed E-state index contributed by atoms with van der Waals surface area (Å²) in [5.74, 6) is -0.933. The maximum atomic E-state index is 12.9. The van der Waals surface area contributed by atoms with Gasteiger partial charge in [-0.2, -0.15) is 0 Å². The second-order valence-electron chi connectivity index (χ2n) is 5.63. The number of amides is 1. The smallest absolute Gasteiger partial charge is 0.339 e. The van der Waals surface area contributed by atoms with Crippen molar-refractivity contribution in [1.29, 1.82) is 0 Å². The molecule has 1 heterocycles. The predicted molar refractivity (Wildman–Crippen MR) is 110 cm³/mol. The molecule has 144 valence electrons. The van der Waals surface area contributed by atoms with E-state index >= 15 is 0 Å². The quantitative estimate of drug-likeness (QED) is 0.564. The number of carboxylic acids is 1. The van der Waals surface area contributed by atoms with Gasteiger partial charge in [0.1, 0.15) is 22.8 Å². The van der Waals surface area contributed by atoms with Crippen LogP contribution in [0.15, 0.2) is 41.3 Å². The number of phenols is 1. The lowest BCUT2D eigenvalue weighted by Gasteiger charge is -2.15. The van der Waals surface area contributed by atoms with Gasteiger partial charge in [0.2, 0.25) is 0 Å². The highest BCUT2D eigenvalue weighted by atomic mass is 32.2. The molecule has 0 saturated carbocycles. The normalized spacial score (nSPS) is 15.2. The van der Waals surface area contributed by atoms with Crippen molar-refractivity contribution in [2.45, 2.75) is 0 Å². The van der Waals surface area contributed by atoms with Gasteiger partial charge in [0.05, 0.1) is 24.8 Å². The van der Waals surface area contributed by atoms with E-state index in [1.54, 1.807) is 24.3 Å². The first-order valence-electron chi connectivity index (χ1n) is 7.92. The average molecular weight is 417 g/mol. The van der Waals surface area contributed by atoms with E-state index in [1.807, 2.05) is 0 Å². The third-order valence-corrected chi connectivity index (χ3v) is 5.29. The van der Waals surface area contributed by atoms with E-state index in [2.05, 4.69) is 0 Å². The Bertz CT molecular complexity index is 1020. The van der Waals surface area contributed by atoms with E-state index in [0.29, 0.717) is 22.0 Å². The van der Waals surface area contributed by atoms with E-state index in [-0.39, 0.29) is 15.6 Å². The summed E-state index contributed by atoms with van der Waals surface area (Å²) < 4.78 is 10.8. The fraction of sp³-hybridized carbons (Fsp3) is 0.105. The van der Waals surface area contributed by atoms with Gasteiger partial charge in [-0.15, -0.1) is 0 Å². The predicted octanol–water partition coefficient (Wildman–Crippen LogP) is 3.51. The summed E-state index contributed by atoms with van der Waals surface area (Å²) in [5, 5.41) is 18.9. The van der Waals surface area contributed by atoms with Crippen molar-refractivity contribution < 1.29 is 29.3 Å². The topological polar surface area (TPSA) is 96.3 Å². The molecule has 0 aromatic heterocycles. The summed E-state index contributed by atoms with van der Waals surface area (Å²) in [7, 11) is 3.06. The maximum Gasteiger partial charge on any atom is 0.339 e. The van der Waals surface area contributed by atoms with Crippen LogP contribution in [0, 0.1) is 0 Å². The molecule has 1 saturated heterocycles. The minimum atomic E-state index is -1.30. The zero-order valence-corrected chi connectivity index (χ0v) is 16.5. The van der Waals surface area contributed by atoms with E-state index in [1.165, 1.54) is 37.3 Å². The molecule has 0 unspecified atom stereocenters. The van der Waals surface area contributed by atoms with Crippen molar-refractivity contribution in [3.05, 3.63) is 52.4 Å². The molecule has 28 heavy (non-hydrogen) atoms. The molecule has 0 radical (unpaired) electrons. The Labute approximate surface area is 170 Å². The van der Waals surface area contributed by atoms with Crippen molar-refractivity contribution in [2.24, 2.45) is 0 Å². The molecule has 2 aromatic rings. The number of methoxy groups -OCH3 is 2. The summed E-state index contributed by atoms with van der Waals surface area (Å²) in [6, 6.07) is 9.05. The molecular weight excluding hydrogens is 402 g/mol. The number of nitrogens with zero attached hydrogens (tertiary/aromatic N) is 1. The highest BCUT2D eigenvalue weighted by Crippen LogP contribution is 2.38. The zero-order valence-electron chi connectivity index (χ0n) is 14.8. The van der Waals surface area contributed by atoms with Crippen molar-refractivity contribution in [1.82, 2.24) is 0 Å². The fourth-order valence-electron chi connectivity index (χ4n) is 2.62. The van der Waals surface area contributed by atoms with E-state index in [0.717, 1.165) is 11.8 Å². The van der Waals surface area contributed by atoms with Crippen LogP contribution in [-0.2, 0) is 4.79 Å². The summed E-state index contributed by atoms with van der Waals surface area (Å²) in [5.41, 5.74) is 0.586. The lowest BCUT2D eigenvalue weighted by molar-refractivity contribution is -0.113. The Morgan fingerprint density at radius 1 is 1.18 bits per heavy atom. The molecule has 0 bridgehead atoms. The monoisotopic (exact) mass is 417 g/mol. The zero-order chi connectivity index (χ0) is 20.4. The minimum Gasteiger partial charge on any atom is -0.507 e. The van der Waals surface area contributed by atoms with Gasteiger partial charge in [-0.05, 0) is 42.5 Å². The number of carbonyl (C=O) groups excluding carboxylic acids is 1. The molecule has 0 atom stereocenters. The van der Waals surface area contributed by atoms with Crippen LogP contribution in [0.1, 0.15) is 15.9 Å². The summed E-state index contributed by atoms with van der Waals surface area (Å²) in [6.45, 7) is 0. The third-order valence-electron chi connectivity index (χ3n) is 3.99. The van der Waals surface area contributed by atoms with Gasteiger partial charge in [0, 0.05) is 5.56 Å². The molecular formula is C19H15NO6S2. The van der Waals surface area contributed by atoms with Crippen LogP contribution in [0.25, 0.3) is 6.08 Å². The lowest BCUT2D eigenvalue weighted by Crippen LogP contribution is -2.27. The number of carbonyl (C=O) groups is 2. The Balaban J connectivity index is 2.00. The van der Waals surface area contributed by atoms with Crippen molar-refractivity contribution in [3.63, 3.8) is 0 Å². The van der Waals surface area contributed by atoms with Crippen LogP contribution in [0.4, 0.5) is 5.69 Å². The number of hydrogen-bond acceptors (Lipinski definition) is 7. The molecule has 3 rings (SSSR count). The highest BCUT2D eigenvalue weighted by molar-refractivity contribution is 8.27. The van der Waals surface area contributed by atoms with Gasteiger partial charge in [0.15, 0.2) is 4.32 Å². The SMILES string of the molecule is COc1ccc(OC)c(/C=C2\SC(=S)N(c3ccc(O)c(C(=O)O)c3)C2=O)c1. The summed E-state index contributed by atoms with van der Waals surface area (Å²) in [6.07, 6.45) is 1.64. The van der Waals surface area contributed by atoms with Crippen LogP contribution >= 0.6 is 24.0 Å². The minimum absolute atomic E-state index is 0.250. The van der Waals surface area contributed by atoms with E-state index in [9.17, 15) is 19.8 Å². The Morgan fingerprint density at radius 3 is 2.57 bits per heavy atom. The number of anilines is 1. The number of carboxylic acid groups (broad SMARTS) is 1. The number of aromatic hydroxyl groups is 1. The second-order valence-corrected chi connectivity index (χ2v) is 7.31. The maximum absolute atomic E-state index is 12.9. The Hall–Kier alpha value is -3.04. The van der Waals surface area contributed by atoms with Crippen molar-refractivity contribution in [2.75, 3.05) is 19.1 Å². The molecule has 2 aromatic carbocycles. The van der Waals surface area contributed by atoms with Gasteiger partial charge in [-0.25, -0.2) is 4.79 Å². The van der Waals surface area contributed by atoms with Crippen molar-refractivity contribution in [3.8, 4) is 17.2 Å². The number of benzene rings is 2. The molecule has 2 N–H and O–H groups in total. The Kier molecular flexibility index (Phi) is 5.57. The number of ether oxygens (including phenoxy) is 2. The van der Waals surface area contributed by atoms with Crippen LogP contribution in [-0.4, -0.2) is 40.6 Å². The number of thioether (sulfide) groups is 1. The highest BCUT2D eigenvalue weighted by Gasteiger charge is 2.34. The summed E-state index contributed by atoms with van der Waals surface area (Å²) >= 11 is 6.39. The van der Waals surface area contributed by atoms with E-state index in [4.69, 9.17) is 21.7 Å². The average Bonchev–Trinajstić information content (AvgIpc) is 2.95. The van der Waals surface area contributed by atoms with E-state index < -0.39 is 17.6 Å². The number of rotatable bonds is 5. The number of hydrogen-bond donors (Lipinski definition) is 2. The molecule has 7 nitrogen and oxygen atoms in total. The molecule has 1 amide bonds. The van der Waals surface area contributed by atoms with Crippen molar-refractivity contribution >= 4 is 51.9 Å². The van der Waals surface area contributed by atoms with Crippen LogP contribution in [0.3, 0.4) is 0 Å². The van der Waals surface area contributed by atoms with Gasteiger partial charge in [0.25, 0.3) is 5.91 Å². The molecule has 1 fully saturated rings. The van der Waals surface area contributed by atoms with Gasteiger partial charge >= 0.3 is 5.97 Å². The number of aromatic carboxylic acids is 1. The second kappa shape index (κ2) is 7.91. The third kappa shape index (κ3) is 3.67. The molecule has 9 heteroatoms. The first-order valence-corrected chi connectivity index (χ1v) is 9.14. The first-order chi connectivity index (χ1) is 13.3. The standard InChI is InChI=1S/C19H15NO6S2/c1-25-12-4-6-15(26-2)10(7-12)8-16-17(22)20(19(27)28-16)11-3-5-14(21)13(9-11)18(23)24/h3-9,21H,1-2H3,(H,23,24)/b16-8-. The molecule has 1 aliphatic heterocycles. The first kappa shape index (κ1) is 19.7. The molecule has 0 spiro atoms. The van der Waals surface area contributed by atoms with Gasteiger partial charge in [-0.3, -0.25) is 9.69 Å². The van der Waals surface area contributed by atoms with Gasteiger partial charge in [-0.1, -0.05) is 24.0 Å². The largest absolute Gasteiger partial charge is 0.507 e. The van der Waals surface area contributed by atoms with Crippen LogP contribution in [0.5, 0.6) is 17.2 Å². The molecule has 1 aliphatic rings. The van der Waals surface area contributed by atoms with Gasteiger partial charge < -0.3 is 19.7 Å². The fourth-order valence-corrected chi connectivity index (χ4v) is 3.91. The van der Waals surface area contributed by atoms with Crippen LogP contribution < -0.4 is 14.4 Å². The number of thiocarbonyl (C=S) groups is 1. The summed E-state index contributed by atoms with van der Waals surface area (Å²) in [4.78, 5) is 25.7. The van der Waals surface area contributed by atoms with Crippen LogP contribution in [0.2, 0.25) is 0 Å². The Morgan fingerprint density at radius 2 is 1.93 bits per heavy atom.